The van der Waals surface area contributed by atoms with Gasteiger partial charge in [0.2, 0.25) is 0 Å². The van der Waals surface area contributed by atoms with Crippen LogP contribution >= 0.6 is 0 Å². The van der Waals surface area contributed by atoms with Gasteiger partial charge in [-0.1, -0.05) is 24.3 Å². The molecule has 0 saturated heterocycles. The Hall–Kier alpha value is -2.86. The number of aliphatic carboxylic acids is 1. The van der Waals surface area contributed by atoms with Crippen molar-refractivity contribution in [2.45, 2.75) is 63.1 Å². The van der Waals surface area contributed by atoms with Crippen molar-refractivity contribution in [2.24, 2.45) is 5.92 Å². The first-order valence-electron chi connectivity index (χ1n) is 12.8. The van der Waals surface area contributed by atoms with E-state index in [4.69, 9.17) is 10.1 Å². The Morgan fingerprint density at radius 3 is 2.85 bits per heavy atom. The van der Waals surface area contributed by atoms with Crippen molar-refractivity contribution in [3.63, 3.8) is 0 Å². The number of carbonyl (C=O) groups is 1. The van der Waals surface area contributed by atoms with Crippen LogP contribution in [0.3, 0.4) is 0 Å². The molecule has 6 rings (SSSR count). The molecule has 6 heteroatoms. The summed E-state index contributed by atoms with van der Waals surface area (Å²) in [6.07, 6.45) is 18.0. The second-order valence-corrected chi connectivity index (χ2v) is 10.6. The fraction of sp³-hybridized carbons (Fsp3) is 0.500. The molecule has 2 unspecified atom stereocenters. The van der Waals surface area contributed by atoms with E-state index >= 15 is 0 Å². The minimum Gasteiger partial charge on any atom is -0.481 e. The van der Waals surface area contributed by atoms with Crippen molar-refractivity contribution < 1.29 is 9.90 Å². The van der Waals surface area contributed by atoms with E-state index in [1.807, 2.05) is 12.3 Å². The monoisotopic (exact) mass is 458 g/mol. The minimum atomic E-state index is -0.648. The number of fused-ring (bicyclic) bond motifs is 2. The second kappa shape index (κ2) is 8.73. The van der Waals surface area contributed by atoms with Gasteiger partial charge in [0.1, 0.15) is 0 Å². The molecule has 1 saturated carbocycles. The summed E-state index contributed by atoms with van der Waals surface area (Å²) in [4.78, 5) is 20.8. The smallest absolute Gasteiger partial charge is 0.303 e. The zero-order chi connectivity index (χ0) is 23.2. The maximum atomic E-state index is 11.0. The summed E-state index contributed by atoms with van der Waals surface area (Å²) >= 11 is 0. The summed E-state index contributed by atoms with van der Waals surface area (Å²) in [6.45, 7) is 2.11. The zero-order valence-corrected chi connectivity index (χ0v) is 19.9. The van der Waals surface area contributed by atoms with Crippen molar-refractivity contribution in [3.8, 4) is 0 Å². The number of aromatic nitrogens is 1. The first kappa shape index (κ1) is 21.7. The SMILES string of the molecule is CN1C=C2C=Cc3cccnc3C3=C2C1CC(C1=CCN(C2CCC(CC(=O)O)CC2)CC1)N3. The summed E-state index contributed by atoms with van der Waals surface area (Å²) in [5, 5.41) is 13.0. The molecule has 0 aromatic carbocycles. The van der Waals surface area contributed by atoms with E-state index < -0.39 is 5.97 Å². The minimum absolute atomic E-state index is 0.334. The Morgan fingerprint density at radius 1 is 1.24 bits per heavy atom. The van der Waals surface area contributed by atoms with Crippen molar-refractivity contribution in [1.29, 1.82) is 0 Å². The van der Waals surface area contributed by atoms with Gasteiger partial charge in [0.25, 0.3) is 0 Å². The highest BCUT2D eigenvalue weighted by atomic mass is 16.4. The molecule has 2 atom stereocenters. The van der Waals surface area contributed by atoms with Crippen molar-refractivity contribution >= 4 is 17.7 Å². The van der Waals surface area contributed by atoms with Crippen LogP contribution in [0.2, 0.25) is 0 Å². The number of likely N-dealkylation sites (N-methyl/N-ethyl adjacent to an activating group) is 1. The number of rotatable bonds is 4. The summed E-state index contributed by atoms with van der Waals surface area (Å²) in [5.74, 6) is -0.282. The van der Waals surface area contributed by atoms with Crippen LogP contribution in [0.25, 0.3) is 11.8 Å². The fourth-order valence-corrected chi connectivity index (χ4v) is 6.73. The van der Waals surface area contributed by atoms with Gasteiger partial charge < -0.3 is 15.3 Å². The molecule has 178 valence electrons. The summed E-state index contributed by atoms with van der Waals surface area (Å²) in [6, 6.07) is 5.49. The molecule has 2 N–H and O–H groups in total. The molecule has 1 aromatic heterocycles. The van der Waals surface area contributed by atoms with Crippen LogP contribution in [0.15, 0.2) is 53.4 Å². The molecule has 0 amide bonds. The maximum Gasteiger partial charge on any atom is 0.303 e. The molecule has 2 aliphatic carbocycles. The van der Waals surface area contributed by atoms with Gasteiger partial charge in [-0.25, -0.2) is 0 Å². The molecule has 0 spiro atoms. The lowest BCUT2D eigenvalue weighted by Crippen LogP contribution is -2.46. The number of carboxylic acids is 1. The van der Waals surface area contributed by atoms with Gasteiger partial charge in [0, 0.05) is 62.2 Å². The van der Waals surface area contributed by atoms with Crippen LogP contribution < -0.4 is 5.32 Å². The first-order valence-corrected chi connectivity index (χ1v) is 12.8. The van der Waals surface area contributed by atoms with E-state index in [1.54, 1.807) is 0 Å². The van der Waals surface area contributed by atoms with E-state index in [0.29, 0.717) is 30.5 Å². The third-order valence-electron chi connectivity index (χ3n) is 8.56. The lowest BCUT2D eigenvalue weighted by atomic mass is 9.82. The Bertz CT molecular complexity index is 1110. The number of carboxylic acid groups (broad SMARTS) is 1. The van der Waals surface area contributed by atoms with Crippen LogP contribution in [0.1, 0.15) is 56.2 Å². The van der Waals surface area contributed by atoms with E-state index in [2.05, 4.69) is 52.7 Å². The molecule has 34 heavy (non-hydrogen) atoms. The standard InChI is InChI=1S/C28H34N4O2/c1-31-17-21-7-6-20-3-2-12-29-27(20)28-26(21)24(31)16-23(30-28)19-10-13-32(14-11-19)22-8-4-18(5-9-22)15-25(33)34/h2-3,6-7,10,12,17-18,22-24,30H,4-5,8-9,11,13-16H2,1H3,(H,33,34). The number of nitrogens with zero attached hydrogens (tertiary/aromatic N) is 3. The lowest BCUT2D eigenvalue weighted by molar-refractivity contribution is -0.138. The van der Waals surface area contributed by atoms with Crippen molar-refractivity contribution in [3.05, 3.63) is 64.7 Å². The molecule has 1 fully saturated rings. The maximum absolute atomic E-state index is 11.0. The van der Waals surface area contributed by atoms with E-state index in [-0.39, 0.29) is 0 Å². The van der Waals surface area contributed by atoms with Crippen LogP contribution in [-0.2, 0) is 4.79 Å². The number of nitrogens with one attached hydrogen (secondary N) is 1. The molecule has 0 radical (unpaired) electrons. The predicted molar refractivity (Wildman–Crippen MR) is 134 cm³/mol. The third kappa shape index (κ3) is 3.88. The highest BCUT2D eigenvalue weighted by Crippen LogP contribution is 2.42. The van der Waals surface area contributed by atoms with E-state index in [0.717, 1.165) is 57.3 Å². The lowest BCUT2D eigenvalue weighted by Gasteiger charge is -2.41. The van der Waals surface area contributed by atoms with Crippen LogP contribution in [0.5, 0.6) is 0 Å². The third-order valence-corrected chi connectivity index (χ3v) is 8.56. The average molecular weight is 459 g/mol. The molecule has 0 bridgehead atoms. The Morgan fingerprint density at radius 2 is 2.09 bits per heavy atom. The van der Waals surface area contributed by atoms with Crippen molar-refractivity contribution in [1.82, 2.24) is 20.1 Å². The summed E-state index contributed by atoms with van der Waals surface area (Å²) < 4.78 is 0. The molecule has 6 nitrogen and oxygen atoms in total. The largest absolute Gasteiger partial charge is 0.481 e. The van der Waals surface area contributed by atoms with Crippen LogP contribution in [-0.4, -0.2) is 64.1 Å². The van der Waals surface area contributed by atoms with Crippen LogP contribution in [0.4, 0.5) is 0 Å². The molecule has 5 aliphatic rings. The van der Waals surface area contributed by atoms with E-state index in [9.17, 15) is 4.79 Å². The first-order chi connectivity index (χ1) is 16.6. The second-order valence-electron chi connectivity index (χ2n) is 10.6. The van der Waals surface area contributed by atoms with Crippen molar-refractivity contribution in [2.75, 3.05) is 20.1 Å². The Kier molecular flexibility index (Phi) is 5.56. The number of pyridine rings is 1. The van der Waals surface area contributed by atoms with Gasteiger partial charge in [-0.3, -0.25) is 14.7 Å². The van der Waals surface area contributed by atoms with Crippen LogP contribution in [0, 0.1) is 5.92 Å². The molecular formula is C28H34N4O2. The average Bonchev–Trinajstić information content (AvgIpc) is 3.09. The van der Waals surface area contributed by atoms with Gasteiger partial charge >= 0.3 is 5.97 Å². The van der Waals surface area contributed by atoms with Gasteiger partial charge in [0.05, 0.1) is 17.4 Å². The van der Waals surface area contributed by atoms with E-state index in [1.165, 1.54) is 28.0 Å². The van der Waals surface area contributed by atoms with Gasteiger partial charge in [-0.15, -0.1) is 0 Å². The van der Waals surface area contributed by atoms with Gasteiger partial charge in [-0.05, 0) is 61.7 Å². The van der Waals surface area contributed by atoms with Gasteiger partial charge in [0.15, 0.2) is 0 Å². The molecule has 3 aliphatic heterocycles. The summed E-state index contributed by atoms with van der Waals surface area (Å²) in [5.41, 5.74) is 7.67. The van der Waals surface area contributed by atoms with Gasteiger partial charge in [-0.2, -0.15) is 0 Å². The normalized spacial score (nSPS) is 30.7. The quantitative estimate of drug-likeness (QED) is 0.664. The number of hydrogen-bond acceptors (Lipinski definition) is 5. The molecular weight excluding hydrogens is 424 g/mol. The Balaban J connectivity index is 1.17. The topological polar surface area (TPSA) is 68.7 Å². The molecule has 1 aromatic rings. The fourth-order valence-electron chi connectivity index (χ4n) is 6.73. The Labute approximate surface area is 201 Å². The summed E-state index contributed by atoms with van der Waals surface area (Å²) in [7, 11) is 2.20. The molecule has 4 heterocycles. The number of hydrogen-bond donors (Lipinski definition) is 2. The number of allylic oxidation sites excluding steroid dienone is 1. The highest BCUT2D eigenvalue weighted by Gasteiger charge is 2.39. The predicted octanol–water partition coefficient (Wildman–Crippen LogP) is 4.04. The zero-order valence-electron chi connectivity index (χ0n) is 19.9. The highest BCUT2D eigenvalue weighted by molar-refractivity contribution is 5.83.